The van der Waals surface area contributed by atoms with Crippen LogP contribution in [0.3, 0.4) is 0 Å². The van der Waals surface area contributed by atoms with Gasteiger partial charge in [0.25, 0.3) is 15.9 Å². The summed E-state index contributed by atoms with van der Waals surface area (Å²) in [6.07, 6.45) is 4.06. The van der Waals surface area contributed by atoms with Crippen LogP contribution in [0.2, 0.25) is 0 Å². The smallest absolute Gasteiger partial charge is 0.268 e. The topological polar surface area (TPSA) is 88.4 Å². The highest BCUT2D eigenvalue weighted by Crippen LogP contribution is 2.26. The van der Waals surface area contributed by atoms with Crippen LogP contribution < -0.4 is 5.48 Å². The highest BCUT2D eigenvalue weighted by Gasteiger charge is 2.19. The molecule has 1 heterocycles. The van der Waals surface area contributed by atoms with Crippen LogP contribution in [0.4, 0.5) is 0 Å². The number of aromatic nitrogens is 1. The molecule has 0 fully saturated rings. The molecule has 2 aromatic carbocycles. The molecule has 122 valence electrons. The molecule has 0 aliphatic rings. The summed E-state index contributed by atoms with van der Waals surface area (Å²) in [6.45, 7) is 0. The minimum Gasteiger partial charge on any atom is -0.288 e. The van der Waals surface area contributed by atoms with E-state index in [4.69, 9.17) is 5.21 Å². The van der Waals surface area contributed by atoms with Gasteiger partial charge in [0.05, 0.1) is 10.4 Å². The lowest BCUT2D eigenvalue weighted by Gasteiger charge is -2.09. The van der Waals surface area contributed by atoms with Gasteiger partial charge in [0.2, 0.25) is 0 Å². The number of fused-ring (bicyclic) bond motifs is 1. The molecule has 0 aliphatic heterocycles. The summed E-state index contributed by atoms with van der Waals surface area (Å²) in [5.41, 5.74) is 2.50. The molecule has 3 rings (SSSR count). The number of rotatable bonds is 4. The van der Waals surface area contributed by atoms with Gasteiger partial charge in [-0.3, -0.25) is 10.0 Å². The summed E-state index contributed by atoms with van der Waals surface area (Å²) in [4.78, 5) is 11.4. The van der Waals surface area contributed by atoms with Gasteiger partial charge in [-0.2, -0.15) is 0 Å². The summed E-state index contributed by atoms with van der Waals surface area (Å²) < 4.78 is 26.9. The summed E-state index contributed by atoms with van der Waals surface area (Å²) in [6, 6.07) is 15.1. The molecule has 2 N–H and O–H groups in total. The molecule has 1 amide bonds. The maximum absolute atomic E-state index is 12.9. The lowest BCUT2D eigenvalue weighted by Crippen LogP contribution is -2.15. The van der Waals surface area contributed by atoms with Crippen LogP contribution in [0.15, 0.2) is 71.8 Å². The largest absolute Gasteiger partial charge is 0.288 e. The van der Waals surface area contributed by atoms with E-state index in [0.29, 0.717) is 11.1 Å². The number of para-hydroxylation sites is 1. The first-order valence-corrected chi connectivity index (χ1v) is 8.51. The highest BCUT2D eigenvalue weighted by atomic mass is 32.2. The summed E-state index contributed by atoms with van der Waals surface area (Å²) in [5, 5.41) is 9.29. The number of hydrogen-bond acceptors (Lipinski definition) is 4. The Morgan fingerprint density at radius 1 is 1.04 bits per heavy atom. The SMILES string of the molecule is O=C(/C=C\c1cccc2ccn(S(=O)(=O)c3ccccc3)c12)NO. The minimum absolute atomic E-state index is 0.175. The van der Waals surface area contributed by atoms with E-state index < -0.39 is 15.9 Å². The van der Waals surface area contributed by atoms with Crippen molar-refractivity contribution in [3.8, 4) is 0 Å². The van der Waals surface area contributed by atoms with Crippen molar-refractivity contribution in [1.29, 1.82) is 0 Å². The fraction of sp³-hybridized carbons (Fsp3) is 0. The molecule has 0 radical (unpaired) electrons. The number of hydrogen-bond donors (Lipinski definition) is 2. The van der Waals surface area contributed by atoms with E-state index >= 15 is 0 Å². The fourth-order valence-electron chi connectivity index (χ4n) is 2.44. The van der Waals surface area contributed by atoms with E-state index in [1.54, 1.807) is 42.5 Å². The highest BCUT2D eigenvalue weighted by molar-refractivity contribution is 7.90. The van der Waals surface area contributed by atoms with E-state index in [2.05, 4.69) is 0 Å². The second-order valence-electron chi connectivity index (χ2n) is 5.02. The van der Waals surface area contributed by atoms with E-state index in [1.807, 2.05) is 0 Å². The van der Waals surface area contributed by atoms with Crippen LogP contribution in [0.5, 0.6) is 0 Å². The van der Waals surface area contributed by atoms with Gasteiger partial charge in [0.1, 0.15) is 0 Å². The summed E-state index contributed by atoms with van der Waals surface area (Å²) in [5.74, 6) is -0.698. The molecule has 0 aliphatic carbocycles. The summed E-state index contributed by atoms with van der Waals surface area (Å²) >= 11 is 0. The van der Waals surface area contributed by atoms with Gasteiger partial charge < -0.3 is 0 Å². The Hall–Kier alpha value is -2.90. The lowest BCUT2D eigenvalue weighted by molar-refractivity contribution is -0.124. The van der Waals surface area contributed by atoms with Crippen LogP contribution in [-0.2, 0) is 14.8 Å². The molecule has 0 saturated carbocycles. The molecule has 1 aromatic heterocycles. The zero-order valence-electron chi connectivity index (χ0n) is 12.5. The lowest BCUT2D eigenvalue weighted by atomic mass is 10.1. The Morgan fingerprint density at radius 3 is 2.50 bits per heavy atom. The first kappa shape index (κ1) is 16.0. The van der Waals surface area contributed by atoms with Crippen molar-refractivity contribution in [3.05, 3.63) is 72.4 Å². The van der Waals surface area contributed by atoms with Crippen LogP contribution in [0.1, 0.15) is 5.56 Å². The number of carbonyl (C=O) groups excluding carboxylic acids is 1. The number of hydroxylamine groups is 1. The van der Waals surface area contributed by atoms with Gasteiger partial charge in [-0.05, 0) is 24.3 Å². The summed E-state index contributed by atoms with van der Waals surface area (Å²) in [7, 11) is -3.76. The Morgan fingerprint density at radius 2 is 1.79 bits per heavy atom. The van der Waals surface area contributed by atoms with E-state index in [9.17, 15) is 13.2 Å². The Kier molecular flexibility index (Phi) is 4.20. The van der Waals surface area contributed by atoms with Crippen molar-refractivity contribution >= 4 is 32.9 Å². The zero-order chi connectivity index (χ0) is 17.2. The van der Waals surface area contributed by atoms with Crippen molar-refractivity contribution in [3.63, 3.8) is 0 Å². The Bertz CT molecular complexity index is 1020. The van der Waals surface area contributed by atoms with E-state index in [0.717, 1.165) is 11.5 Å². The third-order valence-corrected chi connectivity index (χ3v) is 5.22. The molecular formula is C17H14N2O4S. The molecule has 0 atom stereocenters. The minimum atomic E-state index is -3.76. The van der Waals surface area contributed by atoms with Gasteiger partial charge in [-0.15, -0.1) is 0 Å². The van der Waals surface area contributed by atoms with Gasteiger partial charge in [0, 0.05) is 23.2 Å². The second kappa shape index (κ2) is 6.31. The zero-order valence-corrected chi connectivity index (χ0v) is 13.3. The van der Waals surface area contributed by atoms with Crippen LogP contribution in [0, 0.1) is 0 Å². The third kappa shape index (κ3) is 2.82. The van der Waals surface area contributed by atoms with Gasteiger partial charge in [-0.25, -0.2) is 17.9 Å². The molecule has 7 heteroatoms. The van der Waals surface area contributed by atoms with Crippen molar-refractivity contribution in [2.75, 3.05) is 0 Å². The number of nitrogens with zero attached hydrogens (tertiary/aromatic N) is 1. The molecule has 6 nitrogen and oxygen atoms in total. The van der Waals surface area contributed by atoms with E-state index in [-0.39, 0.29) is 4.90 Å². The molecule has 0 bridgehead atoms. The average Bonchev–Trinajstić information content (AvgIpc) is 3.06. The average molecular weight is 342 g/mol. The fourth-order valence-corrected chi connectivity index (χ4v) is 3.84. The van der Waals surface area contributed by atoms with Gasteiger partial charge >= 0.3 is 0 Å². The monoisotopic (exact) mass is 342 g/mol. The first-order valence-electron chi connectivity index (χ1n) is 7.07. The molecule has 0 saturated heterocycles. The van der Waals surface area contributed by atoms with Crippen molar-refractivity contribution in [1.82, 2.24) is 9.45 Å². The second-order valence-corrected chi connectivity index (χ2v) is 6.84. The molecule has 24 heavy (non-hydrogen) atoms. The number of amides is 1. The maximum atomic E-state index is 12.9. The Labute approximate surface area is 138 Å². The number of nitrogens with one attached hydrogen (secondary N) is 1. The molecular weight excluding hydrogens is 328 g/mol. The number of benzene rings is 2. The molecule has 0 unspecified atom stereocenters. The van der Waals surface area contributed by atoms with Gasteiger partial charge in [0.15, 0.2) is 0 Å². The van der Waals surface area contributed by atoms with Crippen molar-refractivity contribution in [2.45, 2.75) is 4.90 Å². The maximum Gasteiger partial charge on any atom is 0.268 e. The van der Waals surface area contributed by atoms with Crippen LogP contribution in [-0.4, -0.2) is 23.5 Å². The quantitative estimate of drug-likeness (QED) is 0.433. The van der Waals surface area contributed by atoms with Crippen molar-refractivity contribution in [2.24, 2.45) is 0 Å². The van der Waals surface area contributed by atoms with Gasteiger partial charge in [-0.1, -0.05) is 36.4 Å². The normalized spacial score (nSPS) is 11.9. The van der Waals surface area contributed by atoms with Crippen LogP contribution >= 0.6 is 0 Å². The molecule has 0 spiro atoms. The van der Waals surface area contributed by atoms with Crippen LogP contribution in [0.25, 0.3) is 17.0 Å². The van der Waals surface area contributed by atoms with E-state index in [1.165, 1.54) is 33.9 Å². The predicted molar refractivity (Wildman–Crippen MR) is 89.9 cm³/mol. The predicted octanol–water partition coefficient (Wildman–Crippen LogP) is 2.40. The standard InChI is InChI=1S/C17H14N2O4S/c20-16(18-21)10-9-13-5-4-6-14-11-12-19(17(13)14)24(22,23)15-7-2-1-3-8-15/h1-12,21H,(H,18,20)/b10-9-. The third-order valence-electron chi connectivity index (χ3n) is 3.53. The van der Waals surface area contributed by atoms with Crippen molar-refractivity contribution < 1.29 is 18.4 Å². The first-order chi connectivity index (χ1) is 11.5. The number of carbonyl (C=O) groups is 1. The Balaban J connectivity index is 2.20. The molecule has 3 aromatic rings.